The number of carbonyl (C=O) groups is 3. The maximum atomic E-state index is 12.0. The van der Waals surface area contributed by atoms with Gasteiger partial charge in [-0.2, -0.15) is 0 Å². The third kappa shape index (κ3) is 7.28. The van der Waals surface area contributed by atoms with Crippen LogP contribution in [0.15, 0.2) is 60.7 Å². The number of aryl methyl sites for hydroxylation is 1. The minimum atomic E-state index is -0.651. The van der Waals surface area contributed by atoms with Gasteiger partial charge >= 0.3 is 5.97 Å². The van der Waals surface area contributed by atoms with Crippen LogP contribution in [0.1, 0.15) is 23.6 Å². The fourth-order valence-electron chi connectivity index (χ4n) is 2.51. The zero-order valence-corrected chi connectivity index (χ0v) is 15.5. The maximum Gasteiger partial charge on any atom is 0.331 e. The van der Waals surface area contributed by atoms with Crippen LogP contribution in [0.5, 0.6) is 0 Å². The van der Waals surface area contributed by atoms with Crippen molar-refractivity contribution in [2.24, 2.45) is 0 Å². The lowest BCUT2D eigenvalue weighted by atomic mass is 10.0. The Morgan fingerprint density at radius 1 is 1.07 bits per heavy atom. The fourth-order valence-corrected chi connectivity index (χ4v) is 2.51. The molecule has 1 N–H and O–H groups in total. The number of benzene rings is 2. The molecule has 0 bridgehead atoms. The first kappa shape index (κ1) is 20.1. The van der Waals surface area contributed by atoms with Gasteiger partial charge in [-0.15, -0.1) is 0 Å². The molecule has 27 heavy (non-hydrogen) atoms. The van der Waals surface area contributed by atoms with Gasteiger partial charge in [-0.3, -0.25) is 9.59 Å². The van der Waals surface area contributed by atoms with E-state index in [0.717, 1.165) is 16.7 Å². The summed E-state index contributed by atoms with van der Waals surface area (Å²) < 4.78 is 4.94. The van der Waals surface area contributed by atoms with Gasteiger partial charge in [-0.1, -0.05) is 60.2 Å². The number of ketones is 1. The molecule has 0 aliphatic heterocycles. The number of hydrogen-bond acceptors (Lipinski definition) is 4. The highest BCUT2D eigenvalue weighted by atomic mass is 16.5. The summed E-state index contributed by atoms with van der Waals surface area (Å²) in [6, 6.07) is 16.4. The number of carbonyl (C=O) groups excluding carboxylic acids is 3. The predicted molar refractivity (Wildman–Crippen MR) is 104 cm³/mol. The van der Waals surface area contributed by atoms with Gasteiger partial charge in [0.1, 0.15) is 0 Å². The molecule has 2 aromatic carbocycles. The van der Waals surface area contributed by atoms with Gasteiger partial charge < -0.3 is 10.1 Å². The minimum absolute atomic E-state index is 0.155. The molecule has 140 valence electrons. The van der Waals surface area contributed by atoms with Crippen molar-refractivity contribution in [1.82, 2.24) is 5.32 Å². The number of amides is 1. The van der Waals surface area contributed by atoms with E-state index < -0.39 is 24.5 Å². The highest BCUT2D eigenvalue weighted by molar-refractivity contribution is 5.91. The molecule has 0 fully saturated rings. The molecule has 0 aliphatic carbocycles. The molecule has 0 radical (unpaired) electrons. The third-order valence-electron chi connectivity index (χ3n) is 3.91. The average Bonchev–Trinajstić information content (AvgIpc) is 2.65. The average molecular weight is 365 g/mol. The number of hydrogen-bond donors (Lipinski definition) is 1. The van der Waals surface area contributed by atoms with Gasteiger partial charge in [0, 0.05) is 6.08 Å². The molecule has 5 nitrogen and oxygen atoms in total. The van der Waals surface area contributed by atoms with Gasteiger partial charge in [0.05, 0.1) is 6.04 Å². The van der Waals surface area contributed by atoms with Crippen molar-refractivity contribution in [2.75, 3.05) is 6.61 Å². The minimum Gasteiger partial charge on any atom is -0.452 e. The van der Waals surface area contributed by atoms with Crippen LogP contribution in [-0.4, -0.2) is 30.3 Å². The molecular weight excluding hydrogens is 342 g/mol. The van der Waals surface area contributed by atoms with Crippen molar-refractivity contribution in [1.29, 1.82) is 0 Å². The van der Waals surface area contributed by atoms with E-state index in [9.17, 15) is 14.4 Å². The van der Waals surface area contributed by atoms with Gasteiger partial charge in [0.2, 0.25) is 0 Å². The van der Waals surface area contributed by atoms with E-state index in [1.807, 2.05) is 61.5 Å². The summed E-state index contributed by atoms with van der Waals surface area (Å²) in [5.41, 5.74) is 2.89. The van der Waals surface area contributed by atoms with Gasteiger partial charge in [-0.25, -0.2) is 4.79 Å². The van der Waals surface area contributed by atoms with Crippen LogP contribution in [0.4, 0.5) is 0 Å². The summed E-state index contributed by atoms with van der Waals surface area (Å²) >= 11 is 0. The van der Waals surface area contributed by atoms with E-state index in [-0.39, 0.29) is 5.78 Å². The topological polar surface area (TPSA) is 72.5 Å². The van der Waals surface area contributed by atoms with Crippen LogP contribution < -0.4 is 5.32 Å². The molecule has 0 saturated carbocycles. The van der Waals surface area contributed by atoms with Gasteiger partial charge in [-0.05, 0) is 37.5 Å². The highest BCUT2D eigenvalue weighted by Gasteiger charge is 2.18. The van der Waals surface area contributed by atoms with Gasteiger partial charge in [0.25, 0.3) is 5.91 Å². The SMILES string of the molecule is CC(=O)[C@@H](Cc1ccccc1)NC(=O)COC(=O)/C=C/c1cccc(C)c1. The summed E-state index contributed by atoms with van der Waals surface area (Å²) in [4.78, 5) is 35.5. The maximum absolute atomic E-state index is 12.0. The molecule has 0 aromatic heterocycles. The highest BCUT2D eigenvalue weighted by Crippen LogP contribution is 2.06. The molecule has 0 saturated heterocycles. The summed E-state index contributed by atoms with van der Waals surface area (Å²) in [7, 11) is 0. The Morgan fingerprint density at radius 3 is 2.48 bits per heavy atom. The third-order valence-corrected chi connectivity index (χ3v) is 3.91. The van der Waals surface area contributed by atoms with Crippen LogP contribution in [0.25, 0.3) is 6.08 Å². The summed E-state index contributed by atoms with van der Waals surface area (Å²) in [6.45, 7) is 2.95. The van der Waals surface area contributed by atoms with Crippen molar-refractivity contribution in [2.45, 2.75) is 26.3 Å². The van der Waals surface area contributed by atoms with Crippen LogP contribution in [0.3, 0.4) is 0 Å². The quantitative estimate of drug-likeness (QED) is 0.577. The number of esters is 1. The molecule has 2 aromatic rings. The second kappa shape index (κ2) is 10.1. The normalized spacial score (nSPS) is 11.8. The fraction of sp³-hybridized carbons (Fsp3) is 0.227. The molecule has 0 heterocycles. The Labute approximate surface area is 159 Å². The Kier molecular flexibility index (Phi) is 7.49. The van der Waals surface area contributed by atoms with E-state index in [0.29, 0.717) is 6.42 Å². The standard InChI is InChI=1S/C22H23NO4/c1-16-7-6-10-19(13-16)11-12-22(26)27-15-21(25)23-20(17(2)24)14-18-8-4-3-5-9-18/h3-13,20H,14-15H2,1-2H3,(H,23,25)/b12-11+/t20-/m1/s1. The molecule has 1 atom stereocenters. The second-order valence-corrected chi connectivity index (χ2v) is 6.28. The Balaban J connectivity index is 1.82. The lowest BCUT2D eigenvalue weighted by Crippen LogP contribution is -2.43. The van der Waals surface area contributed by atoms with Crippen LogP contribution in [0.2, 0.25) is 0 Å². The van der Waals surface area contributed by atoms with E-state index in [4.69, 9.17) is 4.74 Å². The zero-order chi connectivity index (χ0) is 19.6. The van der Waals surface area contributed by atoms with Crippen LogP contribution in [-0.2, 0) is 25.5 Å². The smallest absolute Gasteiger partial charge is 0.331 e. The second-order valence-electron chi connectivity index (χ2n) is 6.28. The number of nitrogens with one attached hydrogen (secondary N) is 1. The first-order chi connectivity index (χ1) is 12.9. The van der Waals surface area contributed by atoms with E-state index in [2.05, 4.69) is 5.32 Å². The molecule has 0 aliphatic rings. The van der Waals surface area contributed by atoms with Crippen molar-refractivity contribution in [3.05, 3.63) is 77.4 Å². The van der Waals surface area contributed by atoms with E-state index >= 15 is 0 Å². The molecular formula is C22H23NO4. The first-order valence-corrected chi connectivity index (χ1v) is 8.69. The van der Waals surface area contributed by atoms with Crippen molar-refractivity contribution >= 4 is 23.7 Å². The first-order valence-electron chi connectivity index (χ1n) is 8.69. The Hall–Kier alpha value is -3.21. The lowest BCUT2D eigenvalue weighted by molar-refractivity contribution is -0.144. The van der Waals surface area contributed by atoms with Crippen molar-refractivity contribution < 1.29 is 19.1 Å². The zero-order valence-electron chi connectivity index (χ0n) is 15.5. The molecule has 5 heteroatoms. The summed E-state index contributed by atoms with van der Waals surface area (Å²) in [6.07, 6.45) is 3.29. The van der Waals surface area contributed by atoms with Crippen molar-refractivity contribution in [3.8, 4) is 0 Å². The number of Topliss-reactive ketones (excluding diaryl/α,β-unsaturated/α-hetero) is 1. The Bertz CT molecular complexity index is 827. The predicted octanol–water partition coefficient (Wildman–Crippen LogP) is 2.87. The van der Waals surface area contributed by atoms with Crippen LogP contribution in [0, 0.1) is 6.92 Å². The molecule has 1 amide bonds. The summed E-state index contributed by atoms with van der Waals surface area (Å²) in [5, 5.41) is 2.61. The number of ether oxygens (including phenoxy) is 1. The van der Waals surface area contributed by atoms with Crippen molar-refractivity contribution in [3.63, 3.8) is 0 Å². The lowest BCUT2D eigenvalue weighted by Gasteiger charge is -2.16. The van der Waals surface area contributed by atoms with Crippen LogP contribution >= 0.6 is 0 Å². The van der Waals surface area contributed by atoms with E-state index in [1.165, 1.54) is 13.0 Å². The Morgan fingerprint density at radius 2 is 1.81 bits per heavy atom. The largest absolute Gasteiger partial charge is 0.452 e. The van der Waals surface area contributed by atoms with E-state index in [1.54, 1.807) is 6.08 Å². The number of rotatable bonds is 8. The molecule has 0 spiro atoms. The summed E-state index contributed by atoms with van der Waals surface area (Å²) in [5.74, 6) is -1.28. The van der Waals surface area contributed by atoms with Gasteiger partial charge in [0.15, 0.2) is 12.4 Å². The monoisotopic (exact) mass is 365 g/mol. The molecule has 0 unspecified atom stereocenters. The molecule has 2 rings (SSSR count).